The van der Waals surface area contributed by atoms with Crippen molar-refractivity contribution in [1.29, 1.82) is 0 Å². The highest BCUT2D eigenvalue weighted by molar-refractivity contribution is 5.85. The molecule has 136 valence electrons. The van der Waals surface area contributed by atoms with Gasteiger partial charge in [0, 0.05) is 13.0 Å². The number of halogens is 1. The van der Waals surface area contributed by atoms with Crippen molar-refractivity contribution in [3.8, 4) is 5.75 Å². The molecule has 1 aromatic carbocycles. The minimum atomic E-state index is 0. The molecule has 0 aromatic heterocycles. The fourth-order valence-electron chi connectivity index (χ4n) is 3.52. The van der Waals surface area contributed by atoms with Crippen LogP contribution in [-0.4, -0.2) is 26.1 Å². The van der Waals surface area contributed by atoms with E-state index in [0.29, 0.717) is 19.5 Å². The first-order valence-corrected chi connectivity index (χ1v) is 8.69. The first kappa shape index (κ1) is 20.8. The number of ether oxygens (including phenoxy) is 1. The van der Waals surface area contributed by atoms with Gasteiger partial charge in [-0.2, -0.15) is 0 Å². The normalized spacial score (nSPS) is 16.1. The Balaban J connectivity index is 0.00000288. The highest BCUT2D eigenvalue weighted by Crippen LogP contribution is 2.38. The van der Waals surface area contributed by atoms with Gasteiger partial charge in [0.15, 0.2) is 0 Å². The Labute approximate surface area is 151 Å². The number of nitrogens with one attached hydrogen (secondary N) is 1. The van der Waals surface area contributed by atoms with Gasteiger partial charge in [0.1, 0.15) is 5.75 Å². The van der Waals surface area contributed by atoms with Gasteiger partial charge in [0.25, 0.3) is 0 Å². The standard InChI is InChI=1S/C19H30N2O2.ClH/c1-15-6-7-16(12-17(15)23-2)8-11-21-18(22)13-19(14-20)9-4-3-5-10-19;/h6-7,12H,3-5,8-11,13-14,20H2,1-2H3,(H,21,22);1H. The lowest BCUT2D eigenvalue weighted by atomic mass is 9.71. The van der Waals surface area contributed by atoms with Crippen LogP contribution in [0.15, 0.2) is 18.2 Å². The highest BCUT2D eigenvalue weighted by Gasteiger charge is 2.32. The van der Waals surface area contributed by atoms with E-state index < -0.39 is 0 Å². The molecule has 3 N–H and O–H groups in total. The lowest BCUT2D eigenvalue weighted by Crippen LogP contribution is -2.39. The molecule has 1 aliphatic rings. The van der Waals surface area contributed by atoms with Gasteiger partial charge in [-0.05, 0) is 55.3 Å². The summed E-state index contributed by atoms with van der Waals surface area (Å²) in [6, 6.07) is 6.19. The largest absolute Gasteiger partial charge is 0.496 e. The maximum absolute atomic E-state index is 12.3. The molecule has 1 amide bonds. The van der Waals surface area contributed by atoms with Crippen LogP contribution in [0.4, 0.5) is 0 Å². The lowest BCUT2D eigenvalue weighted by Gasteiger charge is -2.35. The zero-order chi connectivity index (χ0) is 16.7. The SMILES string of the molecule is COc1cc(CCNC(=O)CC2(CN)CCCCC2)ccc1C.Cl. The number of nitrogens with two attached hydrogens (primary N) is 1. The van der Waals surface area contributed by atoms with Gasteiger partial charge in [-0.3, -0.25) is 4.79 Å². The Morgan fingerprint density at radius 3 is 2.62 bits per heavy atom. The van der Waals surface area contributed by atoms with Crippen molar-refractivity contribution in [3.63, 3.8) is 0 Å². The van der Waals surface area contributed by atoms with E-state index in [4.69, 9.17) is 10.5 Å². The van der Waals surface area contributed by atoms with E-state index in [9.17, 15) is 4.79 Å². The van der Waals surface area contributed by atoms with Gasteiger partial charge < -0.3 is 15.8 Å². The monoisotopic (exact) mass is 354 g/mol. The summed E-state index contributed by atoms with van der Waals surface area (Å²) in [7, 11) is 1.68. The number of amides is 1. The number of rotatable bonds is 7. The molecule has 0 radical (unpaired) electrons. The summed E-state index contributed by atoms with van der Waals surface area (Å²) in [5.74, 6) is 1.04. The van der Waals surface area contributed by atoms with Crippen molar-refractivity contribution in [3.05, 3.63) is 29.3 Å². The molecule has 0 spiro atoms. The highest BCUT2D eigenvalue weighted by atomic mass is 35.5. The smallest absolute Gasteiger partial charge is 0.220 e. The van der Waals surface area contributed by atoms with E-state index in [-0.39, 0.29) is 23.7 Å². The molecule has 4 nitrogen and oxygen atoms in total. The van der Waals surface area contributed by atoms with Gasteiger partial charge in [-0.25, -0.2) is 0 Å². The van der Waals surface area contributed by atoms with Crippen molar-refractivity contribution in [1.82, 2.24) is 5.32 Å². The summed E-state index contributed by atoms with van der Waals surface area (Å²) in [6.07, 6.45) is 7.25. The molecule has 0 unspecified atom stereocenters. The molecular weight excluding hydrogens is 324 g/mol. The van der Waals surface area contributed by atoms with Crippen LogP contribution in [0, 0.1) is 12.3 Å². The van der Waals surface area contributed by atoms with E-state index in [1.807, 2.05) is 13.0 Å². The third-order valence-corrected chi connectivity index (χ3v) is 5.09. The predicted molar refractivity (Wildman–Crippen MR) is 101 cm³/mol. The van der Waals surface area contributed by atoms with Gasteiger partial charge in [0.05, 0.1) is 7.11 Å². The average Bonchev–Trinajstić information content (AvgIpc) is 2.57. The second kappa shape index (κ2) is 9.90. The summed E-state index contributed by atoms with van der Waals surface area (Å²) < 4.78 is 5.34. The molecule has 1 saturated carbocycles. The fourth-order valence-corrected chi connectivity index (χ4v) is 3.52. The molecule has 1 fully saturated rings. The van der Waals surface area contributed by atoms with Crippen LogP contribution in [0.3, 0.4) is 0 Å². The van der Waals surface area contributed by atoms with Crippen LogP contribution in [0.2, 0.25) is 0 Å². The Bertz CT molecular complexity index is 528. The molecule has 1 aliphatic carbocycles. The van der Waals surface area contributed by atoms with E-state index in [0.717, 1.165) is 30.6 Å². The number of carbonyl (C=O) groups is 1. The van der Waals surface area contributed by atoms with Crippen LogP contribution in [0.25, 0.3) is 0 Å². The minimum absolute atomic E-state index is 0. The number of aryl methyl sites for hydroxylation is 1. The summed E-state index contributed by atoms with van der Waals surface area (Å²) in [5, 5.41) is 3.05. The molecule has 24 heavy (non-hydrogen) atoms. The number of benzene rings is 1. The Morgan fingerprint density at radius 2 is 2.00 bits per heavy atom. The first-order chi connectivity index (χ1) is 11.1. The molecule has 0 heterocycles. The summed E-state index contributed by atoms with van der Waals surface area (Å²) >= 11 is 0. The van der Waals surface area contributed by atoms with Crippen LogP contribution in [0.5, 0.6) is 5.75 Å². The third kappa shape index (κ3) is 5.67. The zero-order valence-corrected chi connectivity index (χ0v) is 15.7. The van der Waals surface area contributed by atoms with Crippen molar-refractivity contribution in [2.75, 3.05) is 20.2 Å². The number of hydrogen-bond donors (Lipinski definition) is 2. The first-order valence-electron chi connectivity index (χ1n) is 8.69. The predicted octanol–water partition coefficient (Wildman–Crippen LogP) is 3.38. The number of hydrogen-bond acceptors (Lipinski definition) is 3. The van der Waals surface area contributed by atoms with Gasteiger partial charge >= 0.3 is 0 Å². The van der Waals surface area contributed by atoms with Crippen LogP contribution < -0.4 is 15.8 Å². The Hall–Kier alpha value is -1.26. The second-order valence-corrected chi connectivity index (χ2v) is 6.85. The summed E-state index contributed by atoms with van der Waals surface area (Å²) in [4.78, 5) is 12.3. The van der Waals surface area contributed by atoms with Crippen LogP contribution in [0.1, 0.15) is 49.7 Å². The van der Waals surface area contributed by atoms with E-state index in [1.165, 1.54) is 24.8 Å². The van der Waals surface area contributed by atoms with E-state index in [1.54, 1.807) is 7.11 Å². The van der Waals surface area contributed by atoms with Gasteiger partial charge in [0.2, 0.25) is 5.91 Å². The maximum Gasteiger partial charge on any atom is 0.220 e. The van der Waals surface area contributed by atoms with E-state index >= 15 is 0 Å². The lowest BCUT2D eigenvalue weighted by molar-refractivity contribution is -0.123. The Kier molecular flexibility index (Phi) is 8.57. The van der Waals surface area contributed by atoms with Crippen LogP contribution in [-0.2, 0) is 11.2 Å². The quantitative estimate of drug-likeness (QED) is 0.788. The summed E-state index contributed by atoms with van der Waals surface area (Å²) in [6.45, 7) is 3.31. The number of methoxy groups -OCH3 is 1. The number of carbonyl (C=O) groups excluding carboxylic acids is 1. The van der Waals surface area contributed by atoms with Gasteiger partial charge in [-0.1, -0.05) is 31.4 Å². The van der Waals surface area contributed by atoms with Gasteiger partial charge in [-0.15, -0.1) is 12.4 Å². The van der Waals surface area contributed by atoms with Crippen LogP contribution >= 0.6 is 12.4 Å². The molecule has 5 heteroatoms. The van der Waals surface area contributed by atoms with Crippen molar-refractivity contribution >= 4 is 18.3 Å². The maximum atomic E-state index is 12.3. The molecule has 0 bridgehead atoms. The molecule has 0 aliphatic heterocycles. The van der Waals surface area contributed by atoms with Crippen molar-refractivity contribution < 1.29 is 9.53 Å². The third-order valence-electron chi connectivity index (χ3n) is 5.09. The van der Waals surface area contributed by atoms with Crippen molar-refractivity contribution in [2.24, 2.45) is 11.1 Å². The topological polar surface area (TPSA) is 64.3 Å². The van der Waals surface area contributed by atoms with Crippen molar-refractivity contribution in [2.45, 2.75) is 51.9 Å². The molecular formula is C19H31ClN2O2. The molecule has 0 saturated heterocycles. The molecule has 0 atom stereocenters. The Morgan fingerprint density at radius 1 is 1.29 bits per heavy atom. The van der Waals surface area contributed by atoms with E-state index in [2.05, 4.69) is 17.4 Å². The average molecular weight is 355 g/mol. The fraction of sp³-hybridized carbons (Fsp3) is 0.632. The molecule has 2 rings (SSSR count). The summed E-state index contributed by atoms with van der Waals surface area (Å²) in [5.41, 5.74) is 8.30. The second-order valence-electron chi connectivity index (χ2n) is 6.85. The zero-order valence-electron chi connectivity index (χ0n) is 14.9. The minimum Gasteiger partial charge on any atom is -0.496 e. The molecule has 1 aromatic rings.